The average molecular weight is 227 g/mol. The van der Waals surface area contributed by atoms with Crippen LogP contribution in [0.2, 0.25) is 0 Å². The second-order valence-corrected chi connectivity index (χ2v) is 4.38. The maximum absolute atomic E-state index is 5.80. The first-order valence-electron chi connectivity index (χ1n) is 5.85. The van der Waals surface area contributed by atoms with E-state index in [1.165, 1.54) is 5.56 Å². The summed E-state index contributed by atoms with van der Waals surface area (Å²) in [4.78, 5) is 4.40. The van der Waals surface area contributed by atoms with Crippen molar-refractivity contribution in [2.24, 2.45) is 0 Å². The Hall–Kier alpha value is -1.83. The molecule has 0 radical (unpaired) electrons. The van der Waals surface area contributed by atoms with Gasteiger partial charge in [-0.05, 0) is 50.6 Å². The maximum Gasteiger partial charge on any atom is 0.129 e. The molecule has 2 heteroatoms. The SMILES string of the molecule is Cc1ccnc(-c2ccccc2OC(C)C)c1. The van der Waals surface area contributed by atoms with Crippen LogP contribution in [0.4, 0.5) is 0 Å². The summed E-state index contributed by atoms with van der Waals surface area (Å²) in [6.45, 7) is 6.12. The second-order valence-electron chi connectivity index (χ2n) is 4.38. The predicted molar refractivity (Wildman–Crippen MR) is 70.2 cm³/mol. The van der Waals surface area contributed by atoms with Crippen LogP contribution >= 0.6 is 0 Å². The molecule has 0 aliphatic carbocycles. The van der Waals surface area contributed by atoms with E-state index in [4.69, 9.17) is 4.74 Å². The Morgan fingerprint density at radius 1 is 1.12 bits per heavy atom. The van der Waals surface area contributed by atoms with Crippen molar-refractivity contribution in [3.63, 3.8) is 0 Å². The lowest BCUT2D eigenvalue weighted by Crippen LogP contribution is -2.06. The van der Waals surface area contributed by atoms with Crippen molar-refractivity contribution in [2.45, 2.75) is 26.9 Å². The summed E-state index contributed by atoms with van der Waals surface area (Å²) in [5.41, 5.74) is 3.21. The van der Waals surface area contributed by atoms with Gasteiger partial charge in [-0.1, -0.05) is 12.1 Å². The molecule has 1 aromatic heterocycles. The lowest BCUT2D eigenvalue weighted by atomic mass is 10.1. The molecular formula is C15H17NO. The Morgan fingerprint density at radius 3 is 2.59 bits per heavy atom. The molecule has 0 spiro atoms. The molecule has 2 rings (SSSR count). The molecule has 0 saturated heterocycles. The third kappa shape index (κ3) is 2.84. The predicted octanol–water partition coefficient (Wildman–Crippen LogP) is 3.84. The van der Waals surface area contributed by atoms with Gasteiger partial charge in [0, 0.05) is 11.8 Å². The third-order valence-corrected chi connectivity index (χ3v) is 2.44. The summed E-state index contributed by atoms with van der Waals surface area (Å²) in [5.74, 6) is 0.889. The third-order valence-electron chi connectivity index (χ3n) is 2.44. The van der Waals surface area contributed by atoms with Crippen LogP contribution in [0.3, 0.4) is 0 Å². The highest BCUT2D eigenvalue weighted by Gasteiger charge is 2.08. The Labute approximate surface area is 102 Å². The molecular weight excluding hydrogens is 210 g/mol. The fourth-order valence-electron chi connectivity index (χ4n) is 1.72. The molecule has 1 aromatic carbocycles. The van der Waals surface area contributed by atoms with Gasteiger partial charge in [-0.3, -0.25) is 4.98 Å². The standard InChI is InChI=1S/C15H17NO/c1-11(2)17-15-7-5-4-6-13(15)14-10-12(3)8-9-16-14/h4-11H,1-3H3. The molecule has 0 amide bonds. The van der Waals surface area contributed by atoms with E-state index < -0.39 is 0 Å². The van der Waals surface area contributed by atoms with Gasteiger partial charge in [0.25, 0.3) is 0 Å². The largest absolute Gasteiger partial charge is 0.490 e. The number of nitrogens with zero attached hydrogens (tertiary/aromatic N) is 1. The first-order chi connectivity index (χ1) is 8.16. The molecule has 0 atom stereocenters. The number of hydrogen-bond acceptors (Lipinski definition) is 2. The van der Waals surface area contributed by atoms with Crippen LogP contribution in [0.5, 0.6) is 5.75 Å². The highest BCUT2D eigenvalue weighted by molar-refractivity contribution is 5.67. The van der Waals surface area contributed by atoms with Gasteiger partial charge in [-0.25, -0.2) is 0 Å². The van der Waals surface area contributed by atoms with Crippen molar-refractivity contribution >= 4 is 0 Å². The molecule has 0 bridgehead atoms. The van der Waals surface area contributed by atoms with E-state index in [2.05, 4.69) is 18.0 Å². The van der Waals surface area contributed by atoms with E-state index in [1.807, 2.05) is 50.4 Å². The van der Waals surface area contributed by atoms with Gasteiger partial charge in [-0.2, -0.15) is 0 Å². The van der Waals surface area contributed by atoms with Crippen molar-refractivity contribution in [2.75, 3.05) is 0 Å². The van der Waals surface area contributed by atoms with Gasteiger partial charge in [-0.15, -0.1) is 0 Å². The molecule has 2 aromatic rings. The minimum Gasteiger partial charge on any atom is -0.490 e. The Balaban J connectivity index is 2.44. The van der Waals surface area contributed by atoms with Crippen LogP contribution in [0.15, 0.2) is 42.6 Å². The van der Waals surface area contributed by atoms with Gasteiger partial charge in [0.2, 0.25) is 0 Å². The number of aryl methyl sites for hydroxylation is 1. The lowest BCUT2D eigenvalue weighted by Gasteiger charge is -2.13. The quantitative estimate of drug-likeness (QED) is 0.794. The summed E-state index contributed by atoms with van der Waals surface area (Å²) in [6.07, 6.45) is 2.00. The number of ether oxygens (including phenoxy) is 1. The van der Waals surface area contributed by atoms with Gasteiger partial charge in [0.1, 0.15) is 5.75 Å². The number of hydrogen-bond donors (Lipinski definition) is 0. The van der Waals surface area contributed by atoms with Crippen LogP contribution in [-0.4, -0.2) is 11.1 Å². The molecule has 2 nitrogen and oxygen atoms in total. The lowest BCUT2D eigenvalue weighted by molar-refractivity contribution is 0.243. The molecule has 88 valence electrons. The second kappa shape index (κ2) is 5.00. The highest BCUT2D eigenvalue weighted by Crippen LogP contribution is 2.29. The summed E-state index contributed by atoms with van der Waals surface area (Å²) < 4.78 is 5.80. The monoisotopic (exact) mass is 227 g/mol. The van der Waals surface area contributed by atoms with Gasteiger partial charge in [0.15, 0.2) is 0 Å². The molecule has 0 aliphatic heterocycles. The van der Waals surface area contributed by atoms with Gasteiger partial charge in [0.05, 0.1) is 11.8 Å². The van der Waals surface area contributed by atoms with E-state index in [1.54, 1.807) is 0 Å². The number of rotatable bonds is 3. The Bertz CT molecular complexity index is 506. The van der Waals surface area contributed by atoms with E-state index in [0.29, 0.717) is 0 Å². The fourth-order valence-corrected chi connectivity index (χ4v) is 1.72. The van der Waals surface area contributed by atoms with Gasteiger partial charge >= 0.3 is 0 Å². The Morgan fingerprint density at radius 2 is 1.88 bits per heavy atom. The Kier molecular flexibility index (Phi) is 3.43. The minimum atomic E-state index is 0.168. The summed E-state index contributed by atoms with van der Waals surface area (Å²) >= 11 is 0. The van der Waals surface area contributed by atoms with Crippen LogP contribution in [0.1, 0.15) is 19.4 Å². The first kappa shape index (κ1) is 11.6. The first-order valence-corrected chi connectivity index (χ1v) is 5.85. The van der Waals surface area contributed by atoms with Crippen molar-refractivity contribution in [1.29, 1.82) is 0 Å². The molecule has 1 heterocycles. The normalized spacial score (nSPS) is 10.6. The molecule has 0 unspecified atom stereocenters. The molecule has 0 aliphatic rings. The molecule has 0 saturated carbocycles. The molecule has 17 heavy (non-hydrogen) atoms. The summed E-state index contributed by atoms with van der Waals surface area (Å²) in [7, 11) is 0. The van der Waals surface area contributed by atoms with Crippen molar-refractivity contribution < 1.29 is 4.74 Å². The smallest absolute Gasteiger partial charge is 0.129 e. The van der Waals surface area contributed by atoms with E-state index in [-0.39, 0.29) is 6.10 Å². The van der Waals surface area contributed by atoms with E-state index in [0.717, 1.165) is 17.0 Å². The number of pyridine rings is 1. The van der Waals surface area contributed by atoms with Crippen molar-refractivity contribution in [3.8, 4) is 17.0 Å². The number of benzene rings is 1. The molecule has 0 fully saturated rings. The highest BCUT2D eigenvalue weighted by atomic mass is 16.5. The minimum absolute atomic E-state index is 0.168. The van der Waals surface area contributed by atoms with Crippen LogP contribution in [-0.2, 0) is 0 Å². The topological polar surface area (TPSA) is 22.1 Å². The molecule has 0 N–H and O–H groups in total. The van der Waals surface area contributed by atoms with Crippen molar-refractivity contribution in [1.82, 2.24) is 4.98 Å². The number of aromatic nitrogens is 1. The van der Waals surface area contributed by atoms with Crippen molar-refractivity contribution in [3.05, 3.63) is 48.2 Å². The summed E-state index contributed by atoms with van der Waals surface area (Å²) in [6, 6.07) is 12.1. The zero-order chi connectivity index (χ0) is 12.3. The summed E-state index contributed by atoms with van der Waals surface area (Å²) in [5, 5.41) is 0. The van der Waals surface area contributed by atoms with Gasteiger partial charge < -0.3 is 4.74 Å². The van der Waals surface area contributed by atoms with Crippen LogP contribution in [0, 0.1) is 6.92 Å². The van der Waals surface area contributed by atoms with E-state index >= 15 is 0 Å². The van der Waals surface area contributed by atoms with E-state index in [9.17, 15) is 0 Å². The number of para-hydroxylation sites is 1. The van der Waals surface area contributed by atoms with Crippen LogP contribution < -0.4 is 4.74 Å². The fraction of sp³-hybridized carbons (Fsp3) is 0.267. The van der Waals surface area contributed by atoms with Crippen LogP contribution in [0.25, 0.3) is 11.3 Å². The zero-order valence-corrected chi connectivity index (χ0v) is 10.5. The maximum atomic E-state index is 5.80. The zero-order valence-electron chi connectivity index (χ0n) is 10.5. The average Bonchev–Trinajstić information content (AvgIpc) is 2.29.